The van der Waals surface area contributed by atoms with E-state index in [9.17, 15) is 22.4 Å². The number of ether oxygens (including phenoxy) is 1. The average Bonchev–Trinajstić information content (AvgIpc) is 2.39. The molecule has 0 amide bonds. The smallest absolute Gasteiger partial charge is 0.419 e. The zero-order chi connectivity index (χ0) is 16.0. The normalized spacial score (nSPS) is 13.0. The van der Waals surface area contributed by atoms with Crippen LogP contribution >= 0.6 is 0 Å². The summed E-state index contributed by atoms with van der Waals surface area (Å²) in [6, 6.07) is 1.44. The summed E-state index contributed by atoms with van der Waals surface area (Å²) in [5, 5.41) is 2.80. The second kappa shape index (κ2) is 7.40. The Morgan fingerprint density at radius 1 is 1.33 bits per heavy atom. The molecule has 0 bridgehead atoms. The topological polar surface area (TPSA) is 38.3 Å². The number of rotatable bonds is 6. The van der Waals surface area contributed by atoms with E-state index < -0.39 is 29.6 Å². The fraction of sp³-hybridized carbons (Fsp3) is 0.500. The van der Waals surface area contributed by atoms with Gasteiger partial charge in [-0.05, 0) is 37.6 Å². The third-order valence-corrected chi connectivity index (χ3v) is 2.75. The van der Waals surface area contributed by atoms with Crippen LogP contribution in [0.5, 0.6) is 0 Å². The monoisotopic (exact) mass is 307 g/mol. The molecule has 7 heteroatoms. The molecular formula is C14H17F4NO2. The van der Waals surface area contributed by atoms with Crippen LogP contribution in [0.15, 0.2) is 18.2 Å². The Hall–Kier alpha value is -1.63. The van der Waals surface area contributed by atoms with Gasteiger partial charge in [-0.2, -0.15) is 13.2 Å². The first-order chi connectivity index (χ1) is 9.81. The predicted molar refractivity (Wildman–Crippen MR) is 69.1 cm³/mol. The van der Waals surface area contributed by atoms with E-state index in [1.165, 1.54) is 0 Å². The first-order valence-electron chi connectivity index (χ1n) is 6.57. The SMILES string of the molecule is CCCNC(C(=O)OCC)c1ccc(F)c(C(F)(F)F)c1. The molecule has 1 atom stereocenters. The largest absolute Gasteiger partial charge is 0.465 e. The minimum absolute atomic E-state index is 0.0237. The third-order valence-electron chi connectivity index (χ3n) is 2.75. The summed E-state index contributed by atoms with van der Waals surface area (Å²) in [5.74, 6) is -2.06. The van der Waals surface area contributed by atoms with E-state index in [-0.39, 0.29) is 12.2 Å². The molecule has 0 heterocycles. The van der Waals surface area contributed by atoms with Crippen molar-refractivity contribution < 1.29 is 27.1 Å². The molecule has 1 unspecified atom stereocenters. The molecule has 0 aliphatic heterocycles. The van der Waals surface area contributed by atoms with Crippen LogP contribution in [0.1, 0.15) is 37.4 Å². The van der Waals surface area contributed by atoms with Crippen LogP contribution in [0.25, 0.3) is 0 Å². The van der Waals surface area contributed by atoms with Crippen molar-refractivity contribution >= 4 is 5.97 Å². The molecule has 0 aliphatic carbocycles. The summed E-state index contributed by atoms with van der Waals surface area (Å²) in [5.41, 5.74) is -1.37. The van der Waals surface area contributed by atoms with Gasteiger partial charge in [0.2, 0.25) is 0 Å². The number of halogens is 4. The van der Waals surface area contributed by atoms with Crippen LogP contribution in [0.3, 0.4) is 0 Å². The van der Waals surface area contributed by atoms with Crippen molar-refractivity contribution in [2.24, 2.45) is 0 Å². The second-order valence-electron chi connectivity index (χ2n) is 4.38. The molecule has 0 spiro atoms. The molecule has 1 rings (SSSR count). The van der Waals surface area contributed by atoms with Gasteiger partial charge in [0, 0.05) is 0 Å². The third kappa shape index (κ3) is 4.70. The first-order valence-corrected chi connectivity index (χ1v) is 6.57. The summed E-state index contributed by atoms with van der Waals surface area (Å²) in [7, 11) is 0. The highest BCUT2D eigenvalue weighted by molar-refractivity contribution is 5.77. The molecular weight excluding hydrogens is 290 g/mol. The lowest BCUT2D eigenvalue weighted by molar-refractivity contribution is -0.146. The van der Waals surface area contributed by atoms with Gasteiger partial charge in [0.15, 0.2) is 0 Å². The maximum Gasteiger partial charge on any atom is 0.419 e. The van der Waals surface area contributed by atoms with Crippen LogP contribution in [0, 0.1) is 5.82 Å². The van der Waals surface area contributed by atoms with Gasteiger partial charge in [-0.1, -0.05) is 13.0 Å². The molecule has 0 saturated carbocycles. The molecule has 0 radical (unpaired) electrons. The van der Waals surface area contributed by atoms with Gasteiger partial charge < -0.3 is 10.1 Å². The lowest BCUT2D eigenvalue weighted by atomic mass is 10.0. The predicted octanol–water partition coefficient (Wildman–Crippen LogP) is 3.45. The van der Waals surface area contributed by atoms with Crippen LogP contribution in [-0.4, -0.2) is 19.1 Å². The van der Waals surface area contributed by atoms with E-state index in [1.807, 2.05) is 6.92 Å². The van der Waals surface area contributed by atoms with Crippen LogP contribution in [0.2, 0.25) is 0 Å². The molecule has 3 nitrogen and oxygen atoms in total. The highest BCUT2D eigenvalue weighted by Crippen LogP contribution is 2.33. The minimum Gasteiger partial charge on any atom is -0.465 e. The summed E-state index contributed by atoms with van der Waals surface area (Å²) in [6.07, 6.45) is -4.13. The summed E-state index contributed by atoms with van der Waals surface area (Å²) in [6.45, 7) is 3.97. The number of benzene rings is 1. The Bertz CT molecular complexity index is 488. The molecule has 1 aromatic carbocycles. The highest BCUT2D eigenvalue weighted by Gasteiger charge is 2.35. The maximum absolute atomic E-state index is 13.3. The number of hydrogen-bond acceptors (Lipinski definition) is 3. The number of hydrogen-bond donors (Lipinski definition) is 1. The van der Waals surface area contributed by atoms with Crippen LogP contribution in [-0.2, 0) is 15.7 Å². The van der Waals surface area contributed by atoms with E-state index in [1.54, 1.807) is 6.92 Å². The standard InChI is InChI=1S/C14H17F4NO2/c1-3-7-19-12(13(20)21-4-2)9-5-6-11(15)10(8-9)14(16,17)18/h5-6,8,12,19H,3-4,7H2,1-2H3. The van der Waals surface area contributed by atoms with Crippen LogP contribution < -0.4 is 5.32 Å². The number of carbonyl (C=O) groups is 1. The van der Waals surface area contributed by atoms with Gasteiger partial charge in [0.25, 0.3) is 0 Å². The van der Waals surface area contributed by atoms with Gasteiger partial charge in [-0.15, -0.1) is 0 Å². The molecule has 0 saturated heterocycles. The number of carbonyl (C=O) groups excluding carboxylic acids is 1. The van der Waals surface area contributed by atoms with Crippen LogP contribution in [0.4, 0.5) is 17.6 Å². The van der Waals surface area contributed by atoms with Gasteiger partial charge in [-0.3, -0.25) is 0 Å². The van der Waals surface area contributed by atoms with E-state index >= 15 is 0 Å². The highest BCUT2D eigenvalue weighted by atomic mass is 19.4. The maximum atomic E-state index is 13.3. The van der Waals surface area contributed by atoms with Gasteiger partial charge in [-0.25, -0.2) is 9.18 Å². The minimum atomic E-state index is -4.82. The summed E-state index contributed by atoms with van der Waals surface area (Å²) in [4.78, 5) is 11.8. The second-order valence-corrected chi connectivity index (χ2v) is 4.38. The molecule has 1 aromatic rings. The molecule has 118 valence electrons. The fourth-order valence-electron chi connectivity index (χ4n) is 1.79. The van der Waals surface area contributed by atoms with Gasteiger partial charge in [0.05, 0.1) is 12.2 Å². The Kier molecular flexibility index (Phi) is 6.14. The van der Waals surface area contributed by atoms with Crippen molar-refractivity contribution in [2.45, 2.75) is 32.5 Å². The van der Waals surface area contributed by atoms with Crippen molar-refractivity contribution in [3.8, 4) is 0 Å². The molecule has 0 aromatic heterocycles. The Morgan fingerprint density at radius 2 is 2.00 bits per heavy atom. The molecule has 0 fully saturated rings. The Morgan fingerprint density at radius 3 is 2.52 bits per heavy atom. The molecule has 1 N–H and O–H groups in total. The average molecular weight is 307 g/mol. The molecule has 0 aliphatic rings. The van der Waals surface area contributed by atoms with Gasteiger partial charge >= 0.3 is 12.1 Å². The van der Waals surface area contributed by atoms with Crippen molar-refractivity contribution in [3.63, 3.8) is 0 Å². The summed E-state index contributed by atoms with van der Waals surface area (Å²) < 4.78 is 56.3. The lowest BCUT2D eigenvalue weighted by Crippen LogP contribution is -2.31. The van der Waals surface area contributed by atoms with E-state index in [0.29, 0.717) is 25.1 Å². The van der Waals surface area contributed by atoms with E-state index in [4.69, 9.17) is 4.74 Å². The van der Waals surface area contributed by atoms with E-state index in [2.05, 4.69) is 5.32 Å². The number of esters is 1. The Labute approximate surface area is 120 Å². The lowest BCUT2D eigenvalue weighted by Gasteiger charge is -2.19. The first kappa shape index (κ1) is 17.4. The van der Waals surface area contributed by atoms with Crippen molar-refractivity contribution in [1.29, 1.82) is 0 Å². The Balaban J connectivity index is 3.15. The van der Waals surface area contributed by atoms with Crippen molar-refractivity contribution in [1.82, 2.24) is 5.32 Å². The fourth-order valence-corrected chi connectivity index (χ4v) is 1.79. The van der Waals surface area contributed by atoms with E-state index in [0.717, 1.165) is 6.07 Å². The quantitative estimate of drug-likeness (QED) is 0.646. The zero-order valence-corrected chi connectivity index (χ0v) is 11.8. The number of alkyl halides is 3. The zero-order valence-electron chi connectivity index (χ0n) is 11.8. The van der Waals surface area contributed by atoms with Crippen molar-refractivity contribution in [2.75, 3.05) is 13.2 Å². The summed E-state index contributed by atoms with van der Waals surface area (Å²) >= 11 is 0. The number of nitrogens with one attached hydrogen (secondary N) is 1. The van der Waals surface area contributed by atoms with Gasteiger partial charge in [0.1, 0.15) is 11.9 Å². The molecule has 21 heavy (non-hydrogen) atoms. The van der Waals surface area contributed by atoms with Crippen molar-refractivity contribution in [3.05, 3.63) is 35.1 Å².